The molecule has 0 saturated heterocycles. The fraction of sp³-hybridized carbons (Fsp3) is 0.208. The monoisotopic (exact) mass is 549 g/mol. The number of nitrogens with one attached hydrogen (secondary N) is 1. The van der Waals surface area contributed by atoms with Crippen LogP contribution in [-0.4, -0.2) is 41.1 Å². The Labute approximate surface area is 216 Å². The molecule has 2 N–H and O–H groups in total. The zero-order valence-corrected chi connectivity index (χ0v) is 21.9. The van der Waals surface area contributed by atoms with Crippen LogP contribution in [0.4, 0.5) is 0 Å². The normalized spacial score (nSPS) is 12.2. The number of nitrogens with zero attached hydrogens (tertiary/aromatic N) is 2. The topological polar surface area (TPSA) is 131 Å². The predicted octanol–water partition coefficient (Wildman–Crippen LogP) is 4.74. The lowest BCUT2D eigenvalue weighted by Crippen LogP contribution is -2.30. The number of hydrogen-bond acceptors (Lipinski definition) is 6. The van der Waals surface area contributed by atoms with E-state index < -0.39 is 26.2 Å². The Morgan fingerprint density at radius 2 is 1.81 bits per heavy atom. The van der Waals surface area contributed by atoms with E-state index in [1.54, 1.807) is 31.2 Å². The summed E-state index contributed by atoms with van der Waals surface area (Å²) < 4.78 is 32.9. The Morgan fingerprint density at radius 3 is 2.42 bits per heavy atom. The molecule has 9 nitrogen and oxygen atoms in total. The minimum Gasteiger partial charge on any atom is -0.495 e. The Morgan fingerprint density at radius 1 is 1.14 bits per heavy atom. The number of aryl methyl sites for hydroxylation is 1. The van der Waals surface area contributed by atoms with E-state index in [9.17, 15) is 23.1 Å². The van der Waals surface area contributed by atoms with Crippen molar-refractivity contribution >= 4 is 50.2 Å². The Kier molecular flexibility index (Phi) is 6.40. The van der Waals surface area contributed by atoms with Crippen molar-refractivity contribution in [1.82, 2.24) is 14.5 Å². The summed E-state index contributed by atoms with van der Waals surface area (Å²) in [6.45, 7) is 4.65. The molecule has 2 aromatic heterocycles. The number of hydrogen-bond donors (Lipinski definition) is 2. The van der Waals surface area contributed by atoms with Gasteiger partial charge in [-0.3, -0.25) is 0 Å². The van der Waals surface area contributed by atoms with Crippen molar-refractivity contribution in [3.63, 3.8) is 0 Å². The lowest BCUT2D eigenvalue weighted by atomic mass is 10.0. The summed E-state index contributed by atoms with van der Waals surface area (Å²) in [7, 11) is -2.89. The molecule has 0 aliphatic carbocycles. The molecule has 0 aliphatic heterocycles. The first-order valence-electron chi connectivity index (χ1n) is 10.5. The van der Waals surface area contributed by atoms with Crippen molar-refractivity contribution < 1.29 is 23.1 Å². The molecule has 188 valence electrons. The molecule has 0 radical (unpaired) electrons. The molecule has 0 bridgehead atoms. The summed E-state index contributed by atoms with van der Waals surface area (Å²) in [6.07, 6.45) is 0. The minimum atomic E-state index is -4.19. The van der Waals surface area contributed by atoms with Gasteiger partial charge in [-0.1, -0.05) is 41.4 Å². The molecule has 0 fully saturated rings. The van der Waals surface area contributed by atoms with Gasteiger partial charge in [-0.2, -0.15) is 0 Å². The largest absolute Gasteiger partial charge is 0.495 e. The van der Waals surface area contributed by atoms with Crippen molar-refractivity contribution in [2.45, 2.75) is 30.4 Å². The van der Waals surface area contributed by atoms with E-state index in [1.165, 1.54) is 39.2 Å². The summed E-state index contributed by atoms with van der Waals surface area (Å²) in [4.78, 5) is 31.0. The second-order valence-electron chi connectivity index (χ2n) is 8.54. The van der Waals surface area contributed by atoms with Crippen LogP contribution >= 0.6 is 23.2 Å². The third kappa shape index (κ3) is 3.95. The molecule has 2 aromatic carbocycles. The number of rotatable bonds is 6. The number of benzene rings is 2. The van der Waals surface area contributed by atoms with Crippen LogP contribution in [0.3, 0.4) is 0 Å². The van der Waals surface area contributed by atoms with Gasteiger partial charge in [-0.25, -0.2) is 27.6 Å². The van der Waals surface area contributed by atoms with E-state index in [0.29, 0.717) is 11.1 Å². The van der Waals surface area contributed by atoms with Crippen molar-refractivity contribution in [3.05, 3.63) is 79.8 Å². The maximum absolute atomic E-state index is 14.0. The molecule has 0 amide bonds. The number of H-pyrrole nitrogens is 1. The number of carboxylic acid groups (broad SMARTS) is 1. The Hall–Kier alpha value is -3.34. The van der Waals surface area contributed by atoms with E-state index in [1.807, 2.05) is 0 Å². The lowest BCUT2D eigenvalue weighted by molar-refractivity contribution is 0.0690. The van der Waals surface area contributed by atoms with Gasteiger partial charge >= 0.3 is 11.7 Å². The summed E-state index contributed by atoms with van der Waals surface area (Å²) in [6, 6.07) is 10.4. The first kappa shape index (κ1) is 25.7. The first-order valence-corrected chi connectivity index (χ1v) is 12.8. The van der Waals surface area contributed by atoms with Crippen molar-refractivity contribution in [2.75, 3.05) is 7.11 Å². The fourth-order valence-electron chi connectivity index (χ4n) is 4.00. The van der Waals surface area contributed by atoms with Gasteiger partial charge in [0.15, 0.2) is 21.2 Å². The number of methoxy groups -OCH3 is 1. The van der Waals surface area contributed by atoms with E-state index in [4.69, 9.17) is 27.9 Å². The van der Waals surface area contributed by atoms with Crippen LogP contribution in [0.1, 0.15) is 35.5 Å². The van der Waals surface area contributed by atoms with Gasteiger partial charge in [-0.05, 0) is 50.1 Å². The second kappa shape index (κ2) is 8.95. The average molecular weight is 550 g/mol. The molecule has 2 heterocycles. The zero-order valence-electron chi connectivity index (χ0n) is 19.6. The third-order valence-corrected chi connectivity index (χ3v) is 9.12. The summed E-state index contributed by atoms with van der Waals surface area (Å²) in [5.41, 5.74) is 0.130. The average Bonchev–Trinajstić information content (AvgIpc) is 3.15. The number of carbonyl (C=O) groups is 1. The van der Waals surface area contributed by atoms with Crippen molar-refractivity contribution in [1.29, 1.82) is 0 Å². The highest BCUT2D eigenvalue weighted by atomic mass is 35.5. The standard InChI is InChI=1S/C24H21Cl2N3O6S/c1-12-9-16(22(30)31)27-21-20(12)28-23(32)29(21)17-11-19(18(35-4)10-15(17)26)36(33,34)24(2,3)13-7-5-6-8-14(13)25/h5-11H,1-4H3,(H,28,32)(H,30,31). The van der Waals surface area contributed by atoms with E-state index in [0.717, 1.165) is 4.57 Å². The summed E-state index contributed by atoms with van der Waals surface area (Å²) in [5.74, 6) is -1.32. The number of fused-ring (bicyclic) bond motifs is 1. The molecule has 0 aliphatic rings. The van der Waals surface area contributed by atoms with Gasteiger partial charge in [0.1, 0.15) is 10.6 Å². The first-order chi connectivity index (χ1) is 16.8. The molecular weight excluding hydrogens is 529 g/mol. The Balaban J connectivity index is 2.04. The number of ether oxygens (including phenoxy) is 1. The number of pyridine rings is 1. The number of aromatic amines is 1. The predicted molar refractivity (Wildman–Crippen MR) is 137 cm³/mol. The van der Waals surface area contributed by atoms with Gasteiger partial charge in [-0.15, -0.1) is 0 Å². The maximum Gasteiger partial charge on any atom is 0.354 e. The smallest absolute Gasteiger partial charge is 0.354 e. The highest BCUT2D eigenvalue weighted by Crippen LogP contribution is 2.43. The number of halogens is 2. The molecule has 12 heteroatoms. The highest BCUT2D eigenvalue weighted by Gasteiger charge is 2.41. The molecule has 0 spiro atoms. The quantitative estimate of drug-likeness (QED) is 0.354. The van der Waals surface area contributed by atoms with Crippen LogP contribution in [0, 0.1) is 6.92 Å². The molecule has 4 rings (SSSR count). The number of carboxylic acids is 1. The number of sulfone groups is 1. The Bertz CT molecular complexity index is 1710. The third-order valence-electron chi connectivity index (χ3n) is 6.02. The molecule has 36 heavy (non-hydrogen) atoms. The van der Waals surface area contributed by atoms with Gasteiger partial charge in [0.25, 0.3) is 0 Å². The summed E-state index contributed by atoms with van der Waals surface area (Å²) in [5, 5.41) is 9.70. The molecule has 4 aromatic rings. The number of aromatic carboxylic acids is 1. The number of aromatic nitrogens is 3. The van der Waals surface area contributed by atoms with Crippen LogP contribution in [0.2, 0.25) is 10.0 Å². The summed E-state index contributed by atoms with van der Waals surface area (Å²) >= 11 is 12.8. The SMILES string of the molecule is COc1cc(Cl)c(-n2c(=O)[nH]c3c(C)cc(C(=O)O)nc32)cc1S(=O)(=O)C(C)(C)c1ccccc1Cl. The van der Waals surface area contributed by atoms with Crippen LogP contribution in [0.25, 0.3) is 16.9 Å². The van der Waals surface area contributed by atoms with Gasteiger partial charge in [0.2, 0.25) is 0 Å². The van der Waals surface area contributed by atoms with Crippen LogP contribution in [0.5, 0.6) is 5.75 Å². The van der Waals surface area contributed by atoms with Gasteiger partial charge in [0, 0.05) is 11.1 Å². The maximum atomic E-state index is 14.0. The highest BCUT2D eigenvalue weighted by molar-refractivity contribution is 7.92. The van der Waals surface area contributed by atoms with E-state index in [2.05, 4.69) is 9.97 Å². The van der Waals surface area contributed by atoms with E-state index in [-0.39, 0.29) is 43.2 Å². The van der Waals surface area contributed by atoms with Crippen LogP contribution < -0.4 is 10.4 Å². The zero-order chi connectivity index (χ0) is 26.6. The van der Waals surface area contributed by atoms with Crippen molar-refractivity contribution in [2.24, 2.45) is 0 Å². The fourth-order valence-corrected chi connectivity index (χ4v) is 6.36. The van der Waals surface area contributed by atoms with Crippen molar-refractivity contribution in [3.8, 4) is 11.4 Å². The van der Waals surface area contributed by atoms with E-state index >= 15 is 0 Å². The molecule has 0 atom stereocenters. The van der Waals surface area contributed by atoms with Crippen LogP contribution in [0.15, 0.2) is 52.2 Å². The number of imidazole rings is 1. The molecule has 0 saturated carbocycles. The molecular formula is C24H21Cl2N3O6S. The van der Waals surface area contributed by atoms with Crippen LogP contribution in [-0.2, 0) is 14.6 Å². The lowest BCUT2D eigenvalue weighted by Gasteiger charge is -2.27. The second-order valence-corrected chi connectivity index (χ2v) is 11.8. The van der Waals surface area contributed by atoms with Gasteiger partial charge in [0.05, 0.1) is 28.1 Å². The molecule has 0 unspecified atom stereocenters. The van der Waals surface area contributed by atoms with Gasteiger partial charge < -0.3 is 14.8 Å². The minimum absolute atomic E-state index is 0.00969.